The molecule has 1 heterocycles. The Labute approximate surface area is 146 Å². The van der Waals surface area contributed by atoms with Gasteiger partial charge in [-0.15, -0.1) is 12.4 Å². The summed E-state index contributed by atoms with van der Waals surface area (Å²) in [4.78, 5) is 14.2. The second-order valence-corrected chi connectivity index (χ2v) is 6.08. The zero-order valence-electron chi connectivity index (χ0n) is 14.4. The minimum atomic E-state index is 0. The quantitative estimate of drug-likeness (QED) is 0.864. The monoisotopic (exact) mass is 340 g/mol. The molecule has 1 saturated heterocycles. The van der Waals surface area contributed by atoms with Crippen LogP contribution in [0.15, 0.2) is 24.3 Å². The van der Waals surface area contributed by atoms with Crippen molar-refractivity contribution in [3.05, 3.63) is 29.8 Å². The molecule has 0 radical (unpaired) electrons. The molecule has 0 bridgehead atoms. The van der Waals surface area contributed by atoms with Crippen LogP contribution in [-0.4, -0.2) is 43.6 Å². The van der Waals surface area contributed by atoms with Gasteiger partial charge >= 0.3 is 0 Å². The number of piperidine rings is 1. The number of carbonyl (C=O) groups is 1. The fourth-order valence-corrected chi connectivity index (χ4v) is 2.89. The van der Waals surface area contributed by atoms with Gasteiger partial charge in [-0.25, -0.2) is 0 Å². The lowest BCUT2D eigenvalue weighted by atomic mass is 9.98. The fraction of sp³-hybridized carbons (Fsp3) is 0.611. The first-order valence-corrected chi connectivity index (χ1v) is 8.32. The van der Waals surface area contributed by atoms with E-state index < -0.39 is 0 Å². The van der Waals surface area contributed by atoms with Gasteiger partial charge in [0.25, 0.3) is 5.91 Å². The summed E-state index contributed by atoms with van der Waals surface area (Å²) >= 11 is 0. The highest BCUT2D eigenvalue weighted by atomic mass is 35.5. The molecule has 1 aliphatic heterocycles. The number of rotatable bonds is 6. The van der Waals surface area contributed by atoms with Crippen molar-refractivity contribution in [2.75, 3.05) is 26.7 Å². The van der Waals surface area contributed by atoms with E-state index in [4.69, 9.17) is 4.74 Å². The fourth-order valence-electron chi connectivity index (χ4n) is 2.89. The Kier molecular flexibility index (Phi) is 8.42. The van der Waals surface area contributed by atoms with Gasteiger partial charge in [-0.3, -0.25) is 4.79 Å². The summed E-state index contributed by atoms with van der Waals surface area (Å²) in [6.45, 7) is 6.13. The average molecular weight is 341 g/mol. The van der Waals surface area contributed by atoms with Crippen LogP contribution < -0.4 is 10.1 Å². The summed E-state index contributed by atoms with van der Waals surface area (Å²) in [5.74, 6) is 1.38. The smallest absolute Gasteiger partial charge is 0.260 e. The molecule has 23 heavy (non-hydrogen) atoms. The predicted octanol–water partition coefficient (Wildman–Crippen LogP) is 3.21. The number of benzene rings is 1. The predicted molar refractivity (Wildman–Crippen MR) is 96.6 cm³/mol. The first-order valence-electron chi connectivity index (χ1n) is 8.32. The third-order valence-electron chi connectivity index (χ3n) is 4.67. The van der Waals surface area contributed by atoms with Crippen LogP contribution in [-0.2, 0) is 4.79 Å². The SMILES string of the molecule is CCC(C)c1ccccc1OCC(=O)N1CCC(NC)CC1.Cl. The number of para-hydroxylation sites is 1. The van der Waals surface area contributed by atoms with Crippen LogP contribution in [0.3, 0.4) is 0 Å². The number of likely N-dealkylation sites (tertiary alicyclic amines) is 1. The molecule has 1 amide bonds. The average Bonchev–Trinajstić information content (AvgIpc) is 2.59. The van der Waals surface area contributed by atoms with E-state index in [2.05, 4.69) is 25.2 Å². The summed E-state index contributed by atoms with van der Waals surface area (Å²) in [6, 6.07) is 8.58. The van der Waals surface area contributed by atoms with Crippen LogP contribution in [0.25, 0.3) is 0 Å². The van der Waals surface area contributed by atoms with Crippen molar-refractivity contribution in [2.45, 2.75) is 45.1 Å². The molecule has 1 aliphatic rings. The van der Waals surface area contributed by atoms with Crippen molar-refractivity contribution < 1.29 is 9.53 Å². The maximum absolute atomic E-state index is 12.3. The first-order chi connectivity index (χ1) is 10.7. The molecule has 1 fully saturated rings. The molecule has 0 saturated carbocycles. The highest BCUT2D eigenvalue weighted by Gasteiger charge is 2.22. The van der Waals surface area contributed by atoms with E-state index in [1.807, 2.05) is 30.1 Å². The van der Waals surface area contributed by atoms with Gasteiger partial charge in [-0.05, 0) is 43.9 Å². The van der Waals surface area contributed by atoms with Gasteiger partial charge in [-0.2, -0.15) is 0 Å². The van der Waals surface area contributed by atoms with Crippen molar-refractivity contribution in [3.8, 4) is 5.75 Å². The molecule has 0 aromatic heterocycles. The van der Waals surface area contributed by atoms with Crippen LogP contribution in [0.2, 0.25) is 0 Å². The van der Waals surface area contributed by atoms with Crippen molar-refractivity contribution >= 4 is 18.3 Å². The van der Waals surface area contributed by atoms with Crippen molar-refractivity contribution in [2.24, 2.45) is 0 Å². The Bertz CT molecular complexity index is 488. The zero-order valence-corrected chi connectivity index (χ0v) is 15.2. The molecule has 1 atom stereocenters. The minimum absolute atomic E-state index is 0. The number of hydrogen-bond donors (Lipinski definition) is 1. The van der Waals surface area contributed by atoms with Gasteiger partial charge in [0.15, 0.2) is 6.61 Å². The molecule has 130 valence electrons. The van der Waals surface area contributed by atoms with E-state index in [0.717, 1.165) is 38.1 Å². The molecular formula is C18H29ClN2O2. The van der Waals surface area contributed by atoms with Gasteiger partial charge < -0.3 is 15.0 Å². The molecule has 2 rings (SSSR count). The molecule has 1 N–H and O–H groups in total. The Hall–Kier alpha value is -1.26. The van der Waals surface area contributed by atoms with Gasteiger partial charge in [0.1, 0.15) is 5.75 Å². The number of amides is 1. The number of ether oxygens (including phenoxy) is 1. The highest BCUT2D eigenvalue weighted by Crippen LogP contribution is 2.28. The van der Waals surface area contributed by atoms with Crippen LogP contribution in [0, 0.1) is 0 Å². The number of nitrogens with zero attached hydrogens (tertiary/aromatic N) is 1. The topological polar surface area (TPSA) is 41.6 Å². The van der Waals surface area contributed by atoms with E-state index in [1.54, 1.807) is 0 Å². The second kappa shape index (κ2) is 9.78. The van der Waals surface area contributed by atoms with E-state index in [1.165, 1.54) is 5.56 Å². The normalized spacial score (nSPS) is 16.6. The summed E-state index contributed by atoms with van der Waals surface area (Å²) in [5, 5.41) is 3.28. The third-order valence-corrected chi connectivity index (χ3v) is 4.67. The maximum atomic E-state index is 12.3. The van der Waals surface area contributed by atoms with E-state index in [9.17, 15) is 4.79 Å². The Morgan fingerprint density at radius 1 is 1.35 bits per heavy atom. The summed E-state index contributed by atoms with van der Waals surface area (Å²) in [5.41, 5.74) is 1.19. The van der Waals surface area contributed by atoms with E-state index in [0.29, 0.717) is 12.0 Å². The highest BCUT2D eigenvalue weighted by molar-refractivity contribution is 5.85. The molecule has 5 heteroatoms. The Morgan fingerprint density at radius 3 is 2.61 bits per heavy atom. The molecular weight excluding hydrogens is 312 g/mol. The zero-order chi connectivity index (χ0) is 15.9. The lowest BCUT2D eigenvalue weighted by Crippen LogP contribution is -2.45. The Morgan fingerprint density at radius 2 is 2.00 bits per heavy atom. The largest absolute Gasteiger partial charge is 0.483 e. The summed E-state index contributed by atoms with van der Waals surface area (Å²) in [6.07, 6.45) is 3.10. The van der Waals surface area contributed by atoms with Gasteiger partial charge in [0.2, 0.25) is 0 Å². The first kappa shape index (κ1) is 19.8. The lowest BCUT2D eigenvalue weighted by molar-refractivity contribution is -0.134. The van der Waals surface area contributed by atoms with Crippen LogP contribution in [0.1, 0.15) is 44.6 Å². The molecule has 0 aliphatic carbocycles. The van der Waals surface area contributed by atoms with Crippen molar-refractivity contribution in [1.82, 2.24) is 10.2 Å². The maximum Gasteiger partial charge on any atom is 0.260 e. The van der Waals surface area contributed by atoms with Crippen LogP contribution in [0.4, 0.5) is 0 Å². The molecule has 0 spiro atoms. The third kappa shape index (κ3) is 5.40. The molecule has 1 aromatic rings. The van der Waals surface area contributed by atoms with Crippen LogP contribution >= 0.6 is 12.4 Å². The van der Waals surface area contributed by atoms with Gasteiger partial charge in [0.05, 0.1) is 0 Å². The Balaban J connectivity index is 0.00000264. The standard InChI is InChI=1S/C18H28N2O2.ClH/c1-4-14(2)16-7-5-6-8-17(16)22-13-18(21)20-11-9-15(19-3)10-12-20;/h5-8,14-15,19H,4,9-13H2,1-3H3;1H. The number of halogens is 1. The van der Waals surface area contributed by atoms with Crippen molar-refractivity contribution in [1.29, 1.82) is 0 Å². The number of hydrogen-bond acceptors (Lipinski definition) is 3. The van der Waals surface area contributed by atoms with Crippen LogP contribution in [0.5, 0.6) is 5.75 Å². The van der Waals surface area contributed by atoms with Crippen molar-refractivity contribution in [3.63, 3.8) is 0 Å². The number of carbonyl (C=O) groups excluding carboxylic acids is 1. The van der Waals surface area contributed by atoms with E-state index in [-0.39, 0.29) is 24.9 Å². The van der Waals surface area contributed by atoms with Gasteiger partial charge in [0, 0.05) is 19.1 Å². The molecule has 4 nitrogen and oxygen atoms in total. The second-order valence-electron chi connectivity index (χ2n) is 6.08. The number of nitrogens with one attached hydrogen (secondary N) is 1. The lowest BCUT2D eigenvalue weighted by Gasteiger charge is -2.31. The molecule has 1 unspecified atom stereocenters. The minimum Gasteiger partial charge on any atom is -0.483 e. The van der Waals surface area contributed by atoms with Gasteiger partial charge in [-0.1, -0.05) is 32.0 Å². The van der Waals surface area contributed by atoms with E-state index >= 15 is 0 Å². The summed E-state index contributed by atoms with van der Waals surface area (Å²) < 4.78 is 5.82. The summed E-state index contributed by atoms with van der Waals surface area (Å²) in [7, 11) is 1.98. The molecule has 1 aromatic carbocycles.